The van der Waals surface area contributed by atoms with Crippen LogP contribution in [-0.2, 0) is 28.5 Å². The van der Waals surface area contributed by atoms with E-state index in [0.717, 1.165) is 22.9 Å². The Labute approximate surface area is 214 Å². The Balaban J connectivity index is 1.55. The Hall–Kier alpha value is -3.86. The first kappa shape index (κ1) is 27.2. The van der Waals surface area contributed by atoms with Gasteiger partial charge in [-0.2, -0.15) is 0 Å². The van der Waals surface area contributed by atoms with Crippen molar-refractivity contribution in [3.63, 3.8) is 0 Å². The summed E-state index contributed by atoms with van der Waals surface area (Å²) in [6.07, 6.45) is -10.6. The first-order chi connectivity index (χ1) is 18.1. The van der Waals surface area contributed by atoms with Crippen LogP contribution < -0.4 is 22.3 Å². The second-order valence-electron chi connectivity index (χ2n) is 8.48. The first-order valence-electron chi connectivity index (χ1n) is 11.3. The van der Waals surface area contributed by atoms with Gasteiger partial charge in [0.15, 0.2) is 18.1 Å². The van der Waals surface area contributed by atoms with Gasteiger partial charge in [-0.05, 0) is 18.2 Å². The van der Waals surface area contributed by atoms with Crippen LogP contribution in [0.2, 0.25) is 0 Å². The van der Waals surface area contributed by atoms with Gasteiger partial charge >= 0.3 is 5.69 Å². The molecular weight excluding hydrogens is 508 g/mol. The summed E-state index contributed by atoms with van der Waals surface area (Å²) in [5.74, 6) is -2.31. The van der Waals surface area contributed by atoms with Crippen LogP contribution in [0.25, 0.3) is 0 Å². The summed E-state index contributed by atoms with van der Waals surface area (Å²) < 4.78 is 22.9. The topological polar surface area (TPSA) is 225 Å². The second kappa shape index (κ2) is 11.3. The highest BCUT2D eigenvalue weighted by atomic mass is 16.7. The van der Waals surface area contributed by atoms with E-state index < -0.39 is 78.0 Å². The fourth-order valence-electron chi connectivity index (χ4n) is 4.10. The molecule has 38 heavy (non-hydrogen) atoms. The largest absolute Gasteiger partial charge is 0.456 e. The summed E-state index contributed by atoms with van der Waals surface area (Å²) in [4.78, 5) is 50.7. The van der Waals surface area contributed by atoms with Crippen molar-refractivity contribution in [2.45, 2.75) is 49.1 Å². The summed E-state index contributed by atoms with van der Waals surface area (Å²) >= 11 is 0. The molecule has 15 heteroatoms. The van der Waals surface area contributed by atoms with Crippen LogP contribution in [0.15, 0.2) is 64.0 Å². The quantitative estimate of drug-likeness (QED) is 0.204. The molecule has 1 aromatic carbocycles. The number of nitrogens with two attached hydrogens (primary N) is 1. The zero-order valence-corrected chi connectivity index (χ0v) is 19.9. The number of anilines is 1. The number of carbonyl (C=O) groups excluding carboxylic acids is 2. The molecule has 3 heterocycles. The summed E-state index contributed by atoms with van der Waals surface area (Å²) in [5, 5.41) is 34.0. The Morgan fingerprint density at radius 2 is 1.84 bits per heavy atom. The van der Waals surface area contributed by atoms with Gasteiger partial charge in [0.25, 0.3) is 11.5 Å². The molecule has 0 saturated carbocycles. The fraction of sp³-hybridized carbons (Fsp3) is 0.391. The van der Waals surface area contributed by atoms with Crippen LogP contribution in [-0.4, -0.2) is 86.7 Å². The molecule has 0 aliphatic carbocycles. The Morgan fingerprint density at radius 1 is 1.13 bits per heavy atom. The number of primary amides is 1. The number of nitrogens with one attached hydrogen (secondary N) is 2. The Kier molecular flexibility index (Phi) is 8.05. The smallest absolute Gasteiger partial charge is 0.330 e. The van der Waals surface area contributed by atoms with E-state index in [4.69, 9.17) is 24.7 Å². The lowest BCUT2D eigenvalue weighted by Gasteiger charge is -2.35. The Morgan fingerprint density at radius 3 is 2.47 bits per heavy atom. The number of aliphatic hydroxyl groups is 3. The number of hydrogen-bond donors (Lipinski definition) is 6. The van der Waals surface area contributed by atoms with Crippen molar-refractivity contribution in [2.24, 2.45) is 5.73 Å². The highest BCUT2D eigenvalue weighted by molar-refractivity contribution is 6.02. The van der Waals surface area contributed by atoms with E-state index in [0.29, 0.717) is 5.69 Å². The fourth-order valence-corrected chi connectivity index (χ4v) is 4.10. The van der Waals surface area contributed by atoms with E-state index in [1.165, 1.54) is 7.11 Å². The van der Waals surface area contributed by atoms with Gasteiger partial charge in [-0.1, -0.05) is 18.2 Å². The average molecular weight is 534 g/mol. The maximum Gasteiger partial charge on any atom is 0.330 e. The van der Waals surface area contributed by atoms with Crippen molar-refractivity contribution in [1.29, 1.82) is 0 Å². The van der Waals surface area contributed by atoms with Crippen molar-refractivity contribution in [2.75, 3.05) is 12.4 Å². The number of para-hydroxylation sites is 1. The van der Waals surface area contributed by atoms with E-state index >= 15 is 0 Å². The van der Waals surface area contributed by atoms with Crippen LogP contribution in [0, 0.1) is 0 Å². The number of hydrogen-bond acceptors (Lipinski definition) is 11. The highest BCUT2D eigenvalue weighted by Crippen LogP contribution is 2.34. The minimum Gasteiger partial charge on any atom is -0.456 e. The zero-order valence-electron chi connectivity index (χ0n) is 19.9. The monoisotopic (exact) mass is 534 g/mol. The Bertz CT molecular complexity index is 1310. The van der Waals surface area contributed by atoms with Crippen molar-refractivity contribution >= 4 is 17.5 Å². The maximum absolute atomic E-state index is 12.7. The summed E-state index contributed by atoms with van der Waals surface area (Å²) in [7, 11) is 1.20. The van der Waals surface area contributed by atoms with Crippen molar-refractivity contribution in [3.8, 4) is 0 Å². The molecule has 1 fully saturated rings. The van der Waals surface area contributed by atoms with Crippen LogP contribution in [0.1, 0.15) is 6.23 Å². The molecule has 1 saturated heterocycles. The maximum atomic E-state index is 12.7. The molecule has 2 aliphatic heterocycles. The van der Waals surface area contributed by atoms with Gasteiger partial charge in [0.1, 0.15) is 30.5 Å². The molecule has 8 atom stereocenters. The zero-order chi connectivity index (χ0) is 27.6. The summed E-state index contributed by atoms with van der Waals surface area (Å²) in [6, 6.07) is 9.36. The third-order valence-electron chi connectivity index (χ3n) is 5.96. The lowest BCUT2D eigenvalue weighted by molar-refractivity contribution is -0.241. The number of amides is 2. The third kappa shape index (κ3) is 5.52. The summed E-state index contributed by atoms with van der Waals surface area (Å²) in [5.41, 5.74) is 4.36. The second-order valence-corrected chi connectivity index (χ2v) is 8.48. The lowest BCUT2D eigenvalue weighted by Crippen LogP contribution is -2.53. The molecule has 15 nitrogen and oxygen atoms in total. The minimum atomic E-state index is -1.78. The standard InChI is InChI=1S/C23H26N4O11/c1-35-16-15(31)21(27-8-7-13(29)26-23(27)34)37-17(16)18(19(24)32)38-22-14(30)11(28)9-12(36-22)20(33)25-10-5-3-2-4-6-10/h2-9,11,14-18,21-22,28,30-31H,1H3,(H2,24,32)(H,25,33)(H,26,29,34). The molecule has 2 aromatic rings. The molecule has 4 rings (SSSR count). The van der Waals surface area contributed by atoms with E-state index in [2.05, 4.69) is 5.32 Å². The van der Waals surface area contributed by atoms with Gasteiger partial charge in [0.05, 0.1) is 0 Å². The molecule has 8 unspecified atom stereocenters. The van der Waals surface area contributed by atoms with Gasteiger partial charge in [-0.25, -0.2) is 4.79 Å². The van der Waals surface area contributed by atoms with E-state index in [-0.39, 0.29) is 0 Å². The van der Waals surface area contributed by atoms with Crippen LogP contribution in [0.4, 0.5) is 5.69 Å². The number of aliphatic hydroxyl groups excluding tert-OH is 3. The van der Waals surface area contributed by atoms with Crippen molar-refractivity contribution in [3.05, 3.63) is 75.3 Å². The molecule has 2 aliphatic rings. The molecule has 1 aromatic heterocycles. The molecule has 0 radical (unpaired) electrons. The van der Waals surface area contributed by atoms with Crippen molar-refractivity contribution in [1.82, 2.24) is 9.55 Å². The van der Waals surface area contributed by atoms with Gasteiger partial charge in [0.2, 0.25) is 12.2 Å². The first-order valence-corrected chi connectivity index (χ1v) is 11.3. The average Bonchev–Trinajstić information content (AvgIpc) is 3.20. The van der Waals surface area contributed by atoms with Crippen LogP contribution in [0.5, 0.6) is 0 Å². The number of methoxy groups -OCH3 is 1. The van der Waals surface area contributed by atoms with Gasteiger partial charge < -0.3 is 45.3 Å². The van der Waals surface area contributed by atoms with E-state index in [1.54, 1.807) is 30.3 Å². The number of carbonyl (C=O) groups is 2. The molecule has 204 valence electrons. The number of aromatic amines is 1. The SMILES string of the molecule is COC1C(O)C(n2ccc(=O)[nH]c2=O)OC1C(OC1OC(C(=O)Nc2ccccc2)=CC(O)C1O)C(N)=O. The normalized spacial score (nSPS) is 29.7. The number of H-pyrrole nitrogens is 1. The number of nitrogens with zero attached hydrogens (tertiary/aromatic N) is 1. The van der Waals surface area contributed by atoms with Gasteiger partial charge in [0, 0.05) is 25.1 Å². The predicted octanol–water partition coefficient (Wildman–Crippen LogP) is -2.72. The van der Waals surface area contributed by atoms with Gasteiger partial charge in [-0.3, -0.25) is 23.9 Å². The minimum absolute atomic E-state index is 0.409. The van der Waals surface area contributed by atoms with Crippen LogP contribution in [0.3, 0.4) is 0 Å². The molecule has 0 bridgehead atoms. The van der Waals surface area contributed by atoms with E-state index in [1.807, 2.05) is 4.98 Å². The molecule has 7 N–H and O–H groups in total. The highest BCUT2D eigenvalue weighted by Gasteiger charge is 2.52. The third-order valence-corrected chi connectivity index (χ3v) is 5.96. The molecular formula is C23H26N4O11. The number of aromatic nitrogens is 2. The van der Waals surface area contributed by atoms with Gasteiger partial charge in [-0.15, -0.1) is 0 Å². The number of ether oxygens (including phenoxy) is 4. The lowest BCUT2D eigenvalue weighted by atomic mass is 10.0. The van der Waals surface area contributed by atoms with E-state index in [9.17, 15) is 34.5 Å². The van der Waals surface area contributed by atoms with Crippen molar-refractivity contribution < 1.29 is 43.9 Å². The molecule has 0 spiro atoms. The number of rotatable bonds is 8. The molecule has 2 amide bonds. The number of benzene rings is 1. The summed E-state index contributed by atoms with van der Waals surface area (Å²) in [6.45, 7) is 0. The predicted molar refractivity (Wildman–Crippen MR) is 126 cm³/mol. The van der Waals surface area contributed by atoms with Crippen LogP contribution >= 0.6 is 0 Å².